The van der Waals surface area contributed by atoms with Crippen molar-refractivity contribution in [2.24, 2.45) is 0 Å². The fraction of sp³-hybridized carbons (Fsp3) is 0.0714. The number of hydrogen-bond donors (Lipinski definition) is 2. The predicted octanol–water partition coefficient (Wildman–Crippen LogP) is 3.01. The van der Waals surface area contributed by atoms with Gasteiger partial charge in [-0.3, -0.25) is 4.79 Å². The smallest absolute Gasteiger partial charge is 0.257 e. The SMILES string of the molecule is O=C(Nc1ccc(Cl)cc1)[C@H](O)c1ccccc1. The van der Waals surface area contributed by atoms with E-state index in [2.05, 4.69) is 5.32 Å². The van der Waals surface area contributed by atoms with E-state index < -0.39 is 12.0 Å². The van der Waals surface area contributed by atoms with Gasteiger partial charge in [-0.15, -0.1) is 0 Å². The molecule has 4 heteroatoms. The molecule has 0 spiro atoms. The number of amides is 1. The molecule has 0 radical (unpaired) electrons. The summed E-state index contributed by atoms with van der Waals surface area (Å²) in [5.41, 5.74) is 1.16. The van der Waals surface area contributed by atoms with Crippen LogP contribution in [0.5, 0.6) is 0 Å². The zero-order valence-electron chi connectivity index (χ0n) is 9.51. The van der Waals surface area contributed by atoms with E-state index in [0.29, 0.717) is 16.3 Å². The van der Waals surface area contributed by atoms with Gasteiger partial charge in [0.05, 0.1) is 0 Å². The van der Waals surface area contributed by atoms with Gasteiger partial charge in [0.15, 0.2) is 6.10 Å². The Labute approximate surface area is 110 Å². The molecule has 0 saturated carbocycles. The normalized spacial score (nSPS) is 11.9. The third-order valence-corrected chi connectivity index (χ3v) is 2.73. The zero-order valence-corrected chi connectivity index (χ0v) is 10.3. The molecule has 0 aromatic heterocycles. The number of halogens is 1. The summed E-state index contributed by atoms with van der Waals surface area (Å²) in [6.45, 7) is 0. The number of benzene rings is 2. The summed E-state index contributed by atoms with van der Waals surface area (Å²) in [5, 5.41) is 13.1. The molecule has 92 valence electrons. The van der Waals surface area contributed by atoms with Gasteiger partial charge in [-0.1, -0.05) is 41.9 Å². The van der Waals surface area contributed by atoms with Crippen LogP contribution in [-0.2, 0) is 4.79 Å². The second kappa shape index (κ2) is 5.67. The third kappa shape index (κ3) is 3.09. The molecule has 2 rings (SSSR count). The molecule has 0 aliphatic rings. The summed E-state index contributed by atoms with van der Waals surface area (Å²) in [7, 11) is 0. The summed E-state index contributed by atoms with van der Waals surface area (Å²) in [6.07, 6.45) is -1.18. The van der Waals surface area contributed by atoms with Crippen LogP contribution < -0.4 is 5.32 Å². The van der Waals surface area contributed by atoms with Crippen LogP contribution in [0.2, 0.25) is 5.02 Å². The molecule has 0 saturated heterocycles. The van der Waals surface area contributed by atoms with Gasteiger partial charge in [0.1, 0.15) is 0 Å². The first-order chi connectivity index (χ1) is 8.66. The second-order valence-electron chi connectivity index (χ2n) is 3.81. The van der Waals surface area contributed by atoms with Crippen LogP contribution in [0, 0.1) is 0 Å². The largest absolute Gasteiger partial charge is 0.378 e. The highest BCUT2D eigenvalue weighted by molar-refractivity contribution is 6.30. The number of hydrogen-bond acceptors (Lipinski definition) is 2. The Morgan fingerprint density at radius 2 is 1.67 bits per heavy atom. The maximum atomic E-state index is 11.8. The van der Waals surface area contributed by atoms with Crippen LogP contribution in [0.15, 0.2) is 54.6 Å². The lowest BCUT2D eigenvalue weighted by Crippen LogP contribution is -2.20. The Kier molecular flexibility index (Phi) is 3.97. The molecule has 3 nitrogen and oxygen atoms in total. The van der Waals surface area contributed by atoms with Crippen LogP contribution in [0.3, 0.4) is 0 Å². The lowest BCUT2D eigenvalue weighted by Gasteiger charge is -2.11. The van der Waals surface area contributed by atoms with Gasteiger partial charge in [0.2, 0.25) is 0 Å². The van der Waals surface area contributed by atoms with Crippen LogP contribution in [-0.4, -0.2) is 11.0 Å². The first-order valence-corrected chi connectivity index (χ1v) is 5.84. The minimum atomic E-state index is -1.18. The highest BCUT2D eigenvalue weighted by atomic mass is 35.5. The molecule has 18 heavy (non-hydrogen) atoms. The van der Waals surface area contributed by atoms with Crippen molar-refractivity contribution in [3.05, 3.63) is 65.2 Å². The van der Waals surface area contributed by atoms with E-state index in [-0.39, 0.29) is 0 Å². The molecule has 0 fully saturated rings. The lowest BCUT2D eigenvalue weighted by atomic mass is 10.1. The van der Waals surface area contributed by atoms with Crippen molar-refractivity contribution < 1.29 is 9.90 Å². The molecule has 2 N–H and O–H groups in total. The van der Waals surface area contributed by atoms with Crippen molar-refractivity contribution in [2.45, 2.75) is 6.10 Å². The fourth-order valence-corrected chi connectivity index (χ4v) is 1.66. The number of rotatable bonds is 3. The molecule has 0 heterocycles. The maximum Gasteiger partial charge on any atom is 0.257 e. The quantitative estimate of drug-likeness (QED) is 0.892. The fourth-order valence-electron chi connectivity index (χ4n) is 1.53. The van der Waals surface area contributed by atoms with E-state index in [1.807, 2.05) is 6.07 Å². The average molecular weight is 262 g/mol. The Morgan fingerprint density at radius 3 is 2.28 bits per heavy atom. The molecule has 0 bridgehead atoms. The van der Waals surface area contributed by atoms with Gasteiger partial charge in [0.25, 0.3) is 5.91 Å². The summed E-state index contributed by atoms with van der Waals surface area (Å²) >= 11 is 5.74. The first kappa shape index (κ1) is 12.6. The summed E-state index contributed by atoms with van der Waals surface area (Å²) < 4.78 is 0. The topological polar surface area (TPSA) is 49.3 Å². The van der Waals surface area contributed by atoms with E-state index in [1.54, 1.807) is 48.5 Å². The molecule has 0 aliphatic carbocycles. The van der Waals surface area contributed by atoms with Crippen LogP contribution >= 0.6 is 11.6 Å². The minimum absolute atomic E-state index is 0.469. The molecule has 2 aromatic rings. The summed E-state index contributed by atoms with van der Waals surface area (Å²) in [5.74, 6) is -0.469. The van der Waals surface area contributed by atoms with E-state index in [4.69, 9.17) is 11.6 Å². The van der Waals surface area contributed by atoms with Gasteiger partial charge in [-0.25, -0.2) is 0 Å². The molecule has 1 atom stereocenters. The van der Waals surface area contributed by atoms with Crippen molar-refractivity contribution in [2.75, 3.05) is 5.32 Å². The third-order valence-electron chi connectivity index (χ3n) is 2.48. The Morgan fingerprint density at radius 1 is 1.06 bits per heavy atom. The maximum absolute atomic E-state index is 11.8. The monoisotopic (exact) mass is 261 g/mol. The van der Waals surface area contributed by atoms with Crippen molar-refractivity contribution in [3.63, 3.8) is 0 Å². The number of carbonyl (C=O) groups is 1. The number of carbonyl (C=O) groups excluding carboxylic acids is 1. The molecule has 0 aliphatic heterocycles. The lowest BCUT2D eigenvalue weighted by molar-refractivity contribution is -0.124. The molecular formula is C14H12ClNO2. The molecule has 2 aromatic carbocycles. The van der Waals surface area contributed by atoms with Crippen molar-refractivity contribution >= 4 is 23.2 Å². The summed E-state index contributed by atoms with van der Waals surface area (Å²) in [4.78, 5) is 11.8. The van der Waals surface area contributed by atoms with E-state index >= 15 is 0 Å². The van der Waals surface area contributed by atoms with Gasteiger partial charge in [-0.2, -0.15) is 0 Å². The van der Waals surface area contributed by atoms with E-state index in [0.717, 1.165) is 0 Å². The summed E-state index contributed by atoms with van der Waals surface area (Å²) in [6, 6.07) is 15.5. The van der Waals surface area contributed by atoms with Crippen LogP contribution in [0.1, 0.15) is 11.7 Å². The highest BCUT2D eigenvalue weighted by Crippen LogP contribution is 2.17. The van der Waals surface area contributed by atoms with E-state index in [1.165, 1.54) is 0 Å². The zero-order chi connectivity index (χ0) is 13.0. The van der Waals surface area contributed by atoms with Crippen molar-refractivity contribution in [1.82, 2.24) is 0 Å². The number of aliphatic hydroxyl groups excluding tert-OH is 1. The average Bonchev–Trinajstić information content (AvgIpc) is 2.41. The van der Waals surface area contributed by atoms with Crippen molar-refractivity contribution in [3.8, 4) is 0 Å². The Bertz CT molecular complexity index is 525. The van der Waals surface area contributed by atoms with Gasteiger partial charge in [-0.05, 0) is 29.8 Å². The molecule has 1 amide bonds. The Balaban J connectivity index is 2.06. The van der Waals surface area contributed by atoms with Gasteiger partial charge < -0.3 is 10.4 Å². The van der Waals surface area contributed by atoms with E-state index in [9.17, 15) is 9.90 Å². The van der Waals surface area contributed by atoms with Crippen LogP contribution in [0.25, 0.3) is 0 Å². The first-order valence-electron chi connectivity index (χ1n) is 5.46. The standard InChI is InChI=1S/C14H12ClNO2/c15-11-6-8-12(9-7-11)16-14(18)13(17)10-4-2-1-3-5-10/h1-9,13,17H,(H,16,18)/t13-/m1/s1. The number of aliphatic hydroxyl groups is 1. The molecule has 0 unspecified atom stereocenters. The highest BCUT2D eigenvalue weighted by Gasteiger charge is 2.16. The number of nitrogens with one attached hydrogen (secondary N) is 1. The van der Waals surface area contributed by atoms with Crippen molar-refractivity contribution in [1.29, 1.82) is 0 Å². The van der Waals surface area contributed by atoms with Gasteiger partial charge >= 0.3 is 0 Å². The number of anilines is 1. The minimum Gasteiger partial charge on any atom is -0.378 e. The second-order valence-corrected chi connectivity index (χ2v) is 4.25. The van der Waals surface area contributed by atoms with Crippen LogP contribution in [0.4, 0.5) is 5.69 Å². The van der Waals surface area contributed by atoms with Gasteiger partial charge in [0, 0.05) is 10.7 Å². The molecular weight excluding hydrogens is 250 g/mol. The Hall–Kier alpha value is -1.84. The predicted molar refractivity (Wildman–Crippen MR) is 71.5 cm³/mol.